The molecule has 0 unspecified atom stereocenters. The van der Waals surface area contributed by atoms with Crippen LogP contribution in [0.1, 0.15) is 112 Å². The molecule has 0 radical (unpaired) electrons. The molecule has 0 aliphatic carbocycles. The predicted molar refractivity (Wildman–Crippen MR) is 230 cm³/mol. The summed E-state index contributed by atoms with van der Waals surface area (Å²) in [7, 11) is 4.97. The molecule has 3 amide bonds. The van der Waals surface area contributed by atoms with Crippen molar-refractivity contribution in [3.05, 3.63) is 35.9 Å². The van der Waals surface area contributed by atoms with Crippen LogP contribution in [-0.2, 0) is 39.9 Å². The topological polar surface area (TPSA) is 134 Å². The molecule has 2 saturated heterocycles. The normalized spacial score (nSPS) is 20.5. The Morgan fingerprint density at radius 1 is 0.845 bits per heavy atom. The van der Waals surface area contributed by atoms with E-state index in [9.17, 15) is 24.0 Å². The van der Waals surface area contributed by atoms with Gasteiger partial charge in [-0.2, -0.15) is 0 Å². The lowest BCUT2D eigenvalue weighted by Crippen LogP contribution is -2.54. The van der Waals surface area contributed by atoms with E-state index < -0.39 is 36.0 Å². The number of ketones is 2. The largest absolute Gasteiger partial charge is 0.379 e. The van der Waals surface area contributed by atoms with Crippen LogP contribution in [0.3, 0.4) is 0 Å². The molecule has 328 valence electrons. The minimum Gasteiger partial charge on any atom is -0.379 e. The van der Waals surface area contributed by atoms with Crippen molar-refractivity contribution in [2.75, 3.05) is 47.4 Å². The lowest BCUT2D eigenvalue weighted by atomic mass is 9.82. The quantitative estimate of drug-likeness (QED) is 0.123. The molecular formula is C47H78N4O7. The molecule has 0 saturated carbocycles. The number of rotatable bonds is 24. The number of methoxy groups -OCH3 is 2. The SMILES string of the molecule is CC[C@H](C)[C@@H]([C@@H](CC(=O)N1CCC[C@H]1[C@H](OC)[C@@H](C)C(=O)C[C@@H](Cc1ccccc1)C(=O)NCC1CCNCC1)OC)N(C)C(=O)[C@@H](CC(=O)[C@H](C)C(C)C)C(C)C. The van der Waals surface area contributed by atoms with Gasteiger partial charge in [0.2, 0.25) is 17.7 Å². The van der Waals surface area contributed by atoms with Crippen molar-refractivity contribution >= 4 is 29.3 Å². The number of hydrogen-bond acceptors (Lipinski definition) is 8. The van der Waals surface area contributed by atoms with Crippen molar-refractivity contribution in [3.8, 4) is 0 Å². The predicted octanol–water partition coefficient (Wildman–Crippen LogP) is 6.36. The number of carbonyl (C=O) groups is 5. The van der Waals surface area contributed by atoms with Gasteiger partial charge >= 0.3 is 0 Å². The molecule has 2 aliphatic rings. The van der Waals surface area contributed by atoms with Crippen LogP contribution in [-0.4, -0.2) is 111 Å². The fourth-order valence-electron chi connectivity index (χ4n) is 9.04. The molecule has 9 atom stereocenters. The Bertz CT molecular complexity index is 1450. The molecule has 58 heavy (non-hydrogen) atoms. The Balaban J connectivity index is 1.77. The van der Waals surface area contributed by atoms with Gasteiger partial charge in [0.05, 0.1) is 30.7 Å². The zero-order valence-electron chi connectivity index (χ0n) is 37.8. The summed E-state index contributed by atoms with van der Waals surface area (Å²) >= 11 is 0. The van der Waals surface area contributed by atoms with Crippen LogP contribution < -0.4 is 10.6 Å². The number of Topliss-reactive ketones (excluding diaryl/α,β-unsaturated/α-hetero) is 2. The summed E-state index contributed by atoms with van der Waals surface area (Å²) in [6.45, 7) is 19.0. The maximum Gasteiger partial charge on any atom is 0.226 e. The van der Waals surface area contributed by atoms with Crippen molar-refractivity contribution in [3.63, 3.8) is 0 Å². The Labute approximate surface area is 350 Å². The standard InChI is InChI=1S/C47H78N4O7/c1-12-32(6)44(50(9)47(56)38(31(4)5)27-41(53)33(7)30(2)3)42(57-10)28-43(54)51-24-16-19-39(51)45(58-11)34(8)40(52)26-37(25-35-17-14-13-15-18-35)46(55)49-29-36-20-22-48-23-21-36/h13-15,17-18,30-34,36-39,42,44-45,48H,12,16,19-29H2,1-11H3,(H,49,55)/t32-,33+,34-,37+,38-,39-,42+,44-,45+/m0/s1. The number of piperidine rings is 1. The fourth-order valence-corrected chi connectivity index (χ4v) is 9.04. The number of carbonyl (C=O) groups excluding carboxylic acids is 5. The van der Waals surface area contributed by atoms with E-state index in [0.29, 0.717) is 31.8 Å². The van der Waals surface area contributed by atoms with Gasteiger partial charge in [0.25, 0.3) is 0 Å². The molecule has 0 bridgehead atoms. The Hall–Kier alpha value is -3.15. The lowest BCUT2D eigenvalue weighted by Gasteiger charge is -2.41. The van der Waals surface area contributed by atoms with Crippen LogP contribution in [0.15, 0.2) is 30.3 Å². The van der Waals surface area contributed by atoms with Gasteiger partial charge in [-0.3, -0.25) is 24.0 Å². The van der Waals surface area contributed by atoms with E-state index in [-0.39, 0.29) is 78.3 Å². The summed E-state index contributed by atoms with van der Waals surface area (Å²) < 4.78 is 12.1. The van der Waals surface area contributed by atoms with Crippen LogP contribution in [0.5, 0.6) is 0 Å². The van der Waals surface area contributed by atoms with Crippen molar-refractivity contribution in [1.82, 2.24) is 20.4 Å². The molecular weight excluding hydrogens is 733 g/mol. The summed E-state index contributed by atoms with van der Waals surface area (Å²) in [4.78, 5) is 73.2. The first-order chi connectivity index (χ1) is 27.6. The summed E-state index contributed by atoms with van der Waals surface area (Å²) in [5.41, 5.74) is 1.01. The fraction of sp³-hybridized carbons (Fsp3) is 0.766. The Kier molecular flexibility index (Phi) is 20.5. The van der Waals surface area contributed by atoms with Gasteiger partial charge in [-0.25, -0.2) is 0 Å². The summed E-state index contributed by atoms with van der Waals surface area (Å²) in [6.07, 6.45) is 3.91. The molecule has 11 nitrogen and oxygen atoms in total. The second-order valence-electron chi connectivity index (χ2n) is 18.1. The third kappa shape index (κ3) is 13.7. The van der Waals surface area contributed by atoms with Crippen molar-refractivity contribution in [2.24, 2.45) is 47.3 Å². The zero-order chi connectivity index (χ0) is 43.1. The second kappa shape index (κ2) is 24.2. The van der Waals surface area contributed by atoms with E-state index in [0.717, 1.165) is 44.3 Å². The van der Waals surface area contributed by atoms with E-state index in [2.05, 4.69) is 24.5 Å². The Morgan fingerprint density at radius 2 is 1.48 bits per heavy atom. The molecule has 2 aliphatic heterocycles. The average molecular weight is 811 g/mol. The number of likely N-dealkylation sites (N-methyl/N-ethyl adjacent to an activating group) is 1. The third-order valence-corrected chi connectivity index (χ3v) is 13.6. The molecule has 2 heterocycles. The van der Waals surface area contributed by atoms with Gasteiger partial charge in [-0.05, 0) is 74.4 Å². The number of benzene rings is 1. The number of likely N-dealkylation sites (tertiary alicyclic amines) is 1. The molecule has 2 N–H and O–H groups in total. The first-order valence-electron chi connectivity index (χ1n) is 22.2. The summed E-state index contributed by atoms with van der Waals surface area (Å²) in [6, 6.07) is 9.11. The van der Waals surface area contributed by atoms with Crippen molar-refractivity contribution in [2.45, 2.75) is 137 Å². The van der Waals surface area contributed by atoms with Crippen molar-refractivity contribution in [1.29, 1.82) is 0 Å². The van der Waals surface area contributed by atoms with Crippen LogP contribution in [0.4, 0.5) is 0 Å². The maximum absolute atomic E-state index is 14.3. The van der Waals surface area contributed by atoms with E-state index in [1.165, 1.54) is 0 Å². The van der Waals surface area contributed by atoms with Crippen LogP contribution in [0.2, 0.25) is 0 Å². The van der Waals surface area contributed by atoms with E-state index in [1.54, 1.807) is 26.2 Å². The second-order valence-corrected chi connectivity index (χ2v) is 18.1. The maximum atomic E-state index is 14.3. The highest BCUT2D eigenvalue weighted by molar-refractivity contribution is 5.89. The molecule has 2 fully saturated rings. The van der Waals surface area contributed by atoms with Gasteiger partial charge < -0.3 is 29.9 Å². The number of nitrogens with one attached hydrogen (secondary N) is 2. The number of amides is 3. The van der Waals surface area contributed by atoms with Gasteiger partial charge in [0, 0.05) is 70.9 Å². The summed E-state index contributed by atoms with van der Waals surface area (Å²) in [5, 5.41) is 6.54. The molecule has 1 aromatic carbocycles. The third-order valence-electron chi connectivity index (χ3n) is 13.6. The molecule has 1 aromatic rings. The van der Waals surface area contributed by atoms with Crippen LogP contribution >= 0.6 is 0 Å². The molecule has 0 spiro atoms. The zero-order valence-corrected chi connectivity index (χ0v) is 37.8. The van der Waals surface area contributed by atoms with E-state index >= 15 is 0 Å². The van der Waals surface area contributed by atoms with E-state index in [4.69, 9.17) is 9.47 Å². The monoisotopic (exact) mass is 811 g/mol. The molecule has 11 heteroatoms. The Morgan fingerprint density at radius 3 is 2.05 bits per heavy atom. The highest BCUT2D eigenvalue weighted by Crippen LogP contribution is 2.32. The average Bonchev–Trinajstić information content (AvgIpc) is 3.71. The molecule has 3 rings (SSSR count). The van der Waals surface area contributed by atoms with Crippen LogP contribution in [0.25, 0.3) is 0 Å². The summed E-state index contributed by atoms with van der Waals surface area (Å²) in [5.74, 6) is -1.37. The van der Waals surface area contributed by atoms with E-state index in [1.807, 2.05) is 76.8 Å². The van der Waals surface area contributed by atoms with Crippen molar-refractivity contribution < 1.29 is 33.4 Å². The molecule has 0 aromatic heterocycles. The van der Waals surface area contributed by atoms with Gasteiger partial charge in [-0.15, -0.1) is 0 Å². The van der Waals surface area contributed by atoms with Gasteiger partial charge in [0.15, 0.2) is 0 Å². The minimum atomic E-state index is -0.585. The first kappa shape index (κ1) is 49.2. The van der Waals surface area contributed by atoms with Crippen LogP contribution in [0, 0.1) is 47.3 Å². The smallest absolute Gasteiger partial charge is 0.226 e. The highest BCUT2D eigenvalue weighted by atomic mass is 16.5. The number of nitrogens with zero attached hydrogens (tertiary/aromatic N) is 2. The van der Waals surface area contributed by atoms with Gasteiger partial charge in [0.1, 0.15) is 11.6 Å². The minimum absolute atomic E-state index is 0.0178. The highest BCUT2D eigenvalue weighted by Gasteiger charge is 2.43. The number of hydrogen-bond donors (Lipinski definition) is 2. The lowest BCUT2D eigenvalue weighted by molar-refractivity contribution is -0.149. The van der Waals surface area contributed by atoms with Gasteiger partial charge in [-0.1, -0.05) is 92.1 Å². The number of ether oxygens (including phenoxy) is 2. The first-order valence-corrected chi connectivity index (χ1v) is 22.2.